The van der Waals surface area contributed by atoms with E-state index in [2.05, 4.69) is 5.32 Å². The molecule has 0 unspecified atom stereocenters. The third-order valence-electron chi connectivity index (χ3n) is 4.74. The standard InChI is InChI=1S/C19H26N2O5/c1-2-24-11-3-4-18(22)21-9-7-14(8-10-21)19(23)20-15-5-6-16-17(12-15)26-13-25-16/h5-6,12,14H,2-4,7-11,13H2,1H3,(H,20,23). The summed E-state index contributed by atoms with van der Waals surface area (Å²) in [7, 11) is 0. The second-order valence-corrected chi connectivity index (χ2v) is 6.51. The number of carbonyl (C=O) groups excluding carboxylic acids is 2. The Bertz CT molecular complexity index is 641. The van der Waals surface area contributed by atoms with Gasteiger partial charge in [-0.05, 0) is 38.3 Å². The van der Waals surface area contributed by atoms with Crippen molar-refractivity contribution >= 4 is 17.5 Å². The molecule has 2 amide bonds. The maximum Gasteiger partial charge on any atom is 0.231 e. The molecule has 0 radical (unpaired) electrons. The first kappa shape index (κ1) is 18.5. The third kappa shape index (κ3) is 4.66. The Morgan fingerprint density at radius 2 is 2.00 bits per heavy atom. The van der Waals surface area contributed by atoms with Crippen LogP contribution in [0, 0.1) is 5.92 Å². The van der Waals surface area contributed by atoms with Crippen molar-refractivity contribution in [2.45, 2.75) is 32.6 Å². The fourth-order valence-corrected chi connectivity index (χ4v) is 3.24. The highest BCUT2D eigenvalue weighted by atomic mass is 16.7. The van der Waals surface area contributed by atoms with E-state index in [4.69, 9.17) is 14.2 Å². The van der Waals surface area contributed by atoms with Crippen molar-refractivity contribution in [3.63, 3.8) is 0 Å². The molecule has 7 nitrogen and oxygen atoms in total. The van der Waals surface area contributed by atoms with Crippen LogP contribution in [0.5, 0.6) is 11.5 Å². The number of piperidine rings is 1. The Morgan fingerprint density at radius 3 is 2.77 bits per heavy atom. The Labute approximate surface area is 153 Å². The monoisotopic (exact) mass is 362 g/mol. The maximum atomic E-state index is 12.5. The molecule has 0 spiro atoms. The van der Waals surface area contributed by atoms with Gasteiger partial charge >= 0.3 is 0 Å². The van der Waals surface area contributed by atoms with E-state index in [9.17, 15) is 9.59 Å². The zero-order valence-corrected chi connectivity index (χ0v) is 15.2. The van der Waals surface area contributed by atoms with Crippen molar-refractivity contribution in [3.8, 4) is 11.5 Å². The number of ether oxygens (including phenoxy) is 3. The summed E-state index contributed by atoms with van der Waals surface area (Å²) in [4.78, 5) is 26.5. The van der Waals surface area contributed by atoms with Crippen LogP contribution in [0.2, 0.25) is 0 Å². The number of hydrogen-bond acceptors (Lipinski definition) is 5. The van der Waals surface area contributed by atoms with Crippen molar-refractivity contribution in [1.29, 1.82) is 0 Å². The van der Waals surface area contributed by atoms with E-state index >= 15 is 0 Å². The largest absolute Gasteiger partial charge is 0.454 e. The molecule has 142 valence electrons. The first-order chi connectivity index (χ1) is 12.7. The summed E-state index contributed by atoms with van der Waals surface area (Å²) >= 11 is 0. The molecule has 7 heteroatoms. The second-order valence-electron chi connectivity index (χ2n) is 6.51. The zero-order valence-electron chi connectivity index (χ0n) is 15.2. The van der Waals surface area contributed by atoms with Crippen molar-refractivity contribution in [2.24, 2.45) is 5.92 Å². The number of rotatable bonds is 7. The number of amides is 2. The number of anilines is 1. The maximum absolute atomic E-state index is 12.5. The van der Waals surface area contributed by atoms with E-state index in [0.29, 0.717) is 62.8 Å². The minimum absolute atomic E-state index is 0.00712. The first-order valence-electron chi connectivity index (χ1n) is 9.23. The number of nitrogens with zero attached hydrogens (tertiary/aromatic N) is 1. The van der Waals surface area contributed by atoms with Gasteiger partial charge in [-0.1, -0.05) is 0 Å². The normalized spacial score (nSPS) is 16.6. The summed E-state index contributed by atoms with van der Waals surface area (Å²) in [5.74, 6) is 1.41. The lowest BCUT2D eigenvalue weighted by atomic mass is 9.95. The first-order valence-corrected chi connectivity index (χ1v) is 9.23. The summed E-state index contributed by atoms with van der Waals surface area (Å²) in [6.45, 7) is 4.72. The molecule has 0 aliphatic carbocycles. The van der Waals surface area contributed by atoms with Crippen LogP contribution in [-0.4, -0.2) is 49.8 Å². The van der Waals surface area contributed by atoms with Crippen LogP contribution in [0.3, 0.4) is 0 Å². The SMILES string of the molecule is CCOCCCC(=O)N1CCC(C(=O)Nc2ccc3c(c2)OCO3)CC1. The molecule has 2 aliphatic rings. The molecule has 0 aromatic heterocycles. The molecule has 1 saturated heterocycles. The molecule has 2 aliphatic heterocycles. The van der Waals surface area contributed by atoms with Gasteiger partial charge in [0.25, 0.3) is 0 Å². The summed E-state index contributed by atoms with van der Waals surface area (Å²) in [5.41, 5.74) is 0.702. The third-order valence-corrected chi connectivity index (χ3v) is 4.74. The smallest absolute Gasteiger partial charge is 0.231 e. The molecule has 0 bridgehead atoms. The number of likely N-dealkylation sites (tertiary alicyclic amines) is 1. The zero-order chi connectivity index (χ0) is 18.4. The quantitative estimate of drug-likeness (QED) is 0.754. The molecule has 1 fully saturated rings. The number of carbonyl (C=O) groups is 2. The number of benzene rings is 1. The van der Waals surface area contributed by atoms with Gasteiger partial charge in [-0.3, -0.25) is 9.59 Å². The van der Waals surface area contributed by atoms with Gasteiger partial charge in [0.1, 0.15) is 0 Å². The van der Waals surface area contributed by atoms with Gasteiger partial charge in [0, 0.05) is 50.4 Å². The average molecular weight is 362 g/mol. The van der Waals surface area contributed by atoms with Gasteiger partial charge in [-0.15, -0.1) is 0 Å². The molecule has 1 aromatic carbocycles. The van der Waals surface area contributed by atoms with E-state index in [1.807, 2.05) is 17.9 Å². The van der Waals surface area contributed by atoms with Crippen LogP contribution >= 0.6 is 0 Å². The van der Waals surface area contributed by atoms with Crippen molar-refractivity contribution in [2.75, 3.05) is 38.4 Å². The van der Waals surface area contributed by atoms with Gasteiger partial charge in [0.15, 0.2) is 11.5 Å². The summed E-state index contributed by atoms with van der Waals surface area (Å²) < 4.78 is 15.9. The topological polar surface area (TPSA) is 77.1 Å². The van der Waals surface area contributed by atoms with Crippen molar-refractivity contribution in [1.82, 2.24) is 4.90 Å². The molecule has 26 heavy (non-hydrogen) atoms. The van der Waals surface area contributed by atoms with Crippen molar-refractivity contribution in [3.05, 3.63) is 18.2 Å². The minimum atomic E-state index is -0.0760. The Hall–Kier alpha value is -2.28. The minimum Gasteiger partial charge on any atom is -0.454 e. The number of nitrogens with one attached hydrogen (secondary N) is 1. The molecule has 2 heterocycles. The lowest BCUT2D eigenvalue weighted by Gasteiger charge is -2.31. The van der Waals surface area contributed by atoms with Gasteiger partial charge < -0.3 is 24.4 Å². The molecular weight excluding hydrogens is 336 g/mol. The fraction of sp³-hybridized carbons (Fsp3) is 0.579. The predicted octanol–water partition coefficient (Wildman–Crippen LogP) is 2.41. The summed E-state index contributed by atoms with van der Waals surface area (Å²) in [5, 5.41) is 2.94. The van der Waals surface area contributed by atoms with E-state index in [-0.39, 0.29) is 24.5 Å². The van der Waals surface area contributed by atoms with Crippen LogP contribution < -0.4 is 14.8 Å². The second kappa shape index (κ2) is 8.89. The van der Waals surface area contributed by atoms with E-state index in [0.717, 1.165) is 6.42 Å². The Kier molecular flexibility index (Phi) is 6.33. The van der Waals surface area contributed by atoms with Crippen LogP contribution in [-0.2, 0) is 14.3 Å². The van der Waals surface area contributed by atoms with Crippen molar-refractivity contribution < 1.29 is 23.8 Å². The molecule has 0 saturated carbocycles. The predicted molar refractivity (Wildman–Crippen MR) is 96.2 cm³/mol. The van der Waals surface area contributed by atoms with Gasteiger partial charge in [-0.25, -0.2) is 0 Å². The fourth-order valence-electron chi connectivity index (χ4n) is 3.24. The lowest BCUT2D eigenvalue weighted by molar-refractivity contribution is -0.134. The molecule has 1 N–H and O–H groups in total. The van der Waals surface area contributed by atoms with E-state index < -0.39 is 0 Å². The van der Waals surface area contributed by atoms with E-state index in [1.165, 1.54) is 0 Å². The van der Waals surface area contributed by atoms with Gasteiger partial charge in [-0.2, -0.15) is 0 Å². The molecule has 3 rings (SSSR count). The van der Waals surface area contributed by atoms with Crippen LogP contribution in [0.1, 0.15) is 32.6 Å². The average Bonchev–Trinajstić information content (AvgIpc) is 3.13. The molecular formula is C19H26N2O5. The Morgan fingerprint density at radius 1 is 1.23 bits per heavy atom. The number of fused-ring (bicyclic) bond motifs is 1. The summed E-state index contributed by atoms with van der Waals surface area (Å²) in [6, 6.07) is 5.38. The van der Waals surface area contributed by atoms with Gasteiger partial charge in [0.2, 0.25) is 18.6 Å². The highest BCUT2D eigenvalue weighted by molar-refractivity contribution is 5.93. The Balaban J connectivity index is 1.42. The van der Waals surface area contributed by atoms with E-state index in [1.54, 1.807) is 12.1 Å². The van der Waals surface area contributed by atoms with Crippen LogP contribution in [0.4, 0.5) is 5.69 Å². The van der Waals surface area contributed by atoms with Gasteiger partial charge in [0.05, 0.1) is 0 Å². The molecule has 1 aromatic rings. The van der Waals surface area contributed by atoms with Crippen LogP contribution in [0.25, 0.3) is 0 Å². The van der Waals surface area contributed by atoms with Crippen LogP contribution in [0.15, 0.2) is 18.2 Å². The highest BCUT2D eigenvalue weighted by Gasteiger charge is 2.27. The number of hydrogen-bond donors (Lipinski definition) is 1. The lowest BCUT2D eigenvalue weighted by Crippen LogP contribution is -2.41. The molecule has 0 atom stereocenters. The summed E-state index contributed by atoms with van der Waals surface area (Å²) in [6.07, 6.45) is 2.63. The highest BCUT2D eigenvalue weighted by Crippen LogP contribution is 2.34.